The van der Waals surface area contributed by atoms with E-state index in [2.05, 4.69) is 10.2 Å². The van der Waals surface area contributed by atoms with Crippen LogP contribution < -0.4 is 24.6 Å². The van der Waals surface area contributed by atoms with Crippen LogP contribution in [0.1, 0.15) is 24.8 Å². The lowest BCUT2D eigenvalue weighted by atomic mass is 10.0. The van der Waals surface area contributed by atoms with Crippen LogP contribution in [0.4, 0.5) is 15.8 Å². The Labute approximate surface area is 196 Å². The van der Waals surface area contributed by atoms with Crippen LogP contribution in [-0.4, -0.2) is 44.2 Å². The Morgan fingerprint density at radius 3 is 2.45 bits per heavy atom. The molecule has 4 rings (SSSR count). The molecule has 0 unspecified atom stereocenters. The molecule has 2 aromatic carbocycles. The molecule has 33 heavy (non-hydrogen) atoms. The Kier molecular flexibility index (Phi) is 6.60. The summed E-state index contributed by atoms with van der Waals surface area (Å²) in [7, 11) is 2.96. The molecule has 2 aliphatic heterocycles. The van der Waals surface area contributed by atoms with Gasteiger partial charge in [-0.25, -0.2) is 9.29 Å². The highest BCUT2D eigenvalue weighted by molar-refractivity contribution is 7.80. The highest BCUT2D eigenvalue weighted by Gasteiger charge is 2.36. The number of hydrogen-bond acceptors (Lipinski definition) is 6. The number of piperidine rings is 1. The smallest absolute Gasteiger partial charge is 0.270 e. The first kappa shape index (κ1) is 22.7. The second-order valence-electron chi connectivity index (χ2n) is 7.75. The van der Waals surface area contributed by atoms with Crippen molar-refractivity contribution in [3.8, 4) is 11.5 Å². The van der Waals surface area contributed by atoms with Gasteiger partial charge < -0.3 is 14.4 Å². The number of amides is 2. The van der Waals surface area contributed by atoms with E-state index in [9.17, 15) is 14.0 Å². The molecule has 7 nitrogen and oxygen atoms in total. The minimum absolute atomic E-state index is 0.0912. The van der Waals surface area contributed by atoms with Crippen molar-refractivity contribution in [2.45, 2.75) is 19.3 Å². The summed E-state index contributed by atoms with van der Waals surface area (Å²) >= 11 is 5.24. The van der Waals surface area contributed by atoms with Gasteiger partial charge in [-0.2, -0.15) is 0 Å². The molecular formula is C24H24FN3O4S. The summed E-state index contributed by atoms with van der Waals surface area (Å²) < 4.78 is 25.5. The molecule has 0 aromatic heterocycles. The zero-order chi connectivity index (χ0) is 23.5. The Balaban J connectivity index is 1.67. The molecule has 2 heterocycles. The molecule has 0 aliphatic carbocycles. The van der Waals surface area contributed by atoms with Gasteiger partial charge in [-0.1, -0.05) is 0 Å². The number of nitrogens with one attached hydrogen (secondary N) is 1. The number of halogens is 1. The normalized spacial score (nSPS) is 17.9. The number of ether oxygens (including phenoxy) is 2. The SMILES string of the molecule is COc1ccc(N2C(=O)/C(=C/c3ccc(N4CCCCC4)cc3F)C(=O)NC2=S)c(OC)c1. The van der Waals surface area contributed by atoms with Gasteiger partial charge in [0.15, 0.2) is 5.11 Å². The molecule has 2 aliphatic rings. The van der Waals surface area contributed by atoms with Gasteiger partial charge in [0.25, 0.3) is 11.8 Å². The molecule has 2 aromatic rings. The average molecular weight is 470 g/mol. The number of methoxy groups -OCH3 is 2. The van der Waals surface area contributed by atoms with E-state index in [0.717, 1.165) is 36.5 Å². The van der Waals surface area contributed by atoms with Crippen LogP contribution in [0.2, 0.25) is 0 Å². The zero-order valence-corrected chi connectivity index (χ0v) is 19.2. The van der Waals surface area contributed by atoms with Gasteiger partial charge in [0.1, 0.15) is 22.9 Å². The monoisotopic (exact) mass is 469 g/mol. The maximum absolute atomic E-state index is 14.9. The highest BCUT2D eigenvalue weighted by Crippen LogP contribution is 2.34. The van der Waals surface area contributed by atoms with Crippen LogP contribution in [0.15, 0.2) is 42.0 Å². The molecule has 0 saturated carbocycles. The van der Waals surface area contributed by atoms with Crippen molar-refractivity contribution >= 4 is 46.6 Å². The molecule has 0 bridgehead atoms. The van der Waals surface area contributed by atoms with E-state index in [1.54, 1.807) is 30.3 Å². The first-order chi connectivity index (χ1) is 15.9. The number of hydrogen-bond donors (Lipinski definition) is 1. The third-order valence-electron chi connectivity index (χ3n) is 5.73. The number of carbonyl (C=O) groups is 2. The Morgan fingerprint density at radius 1 is 1.03 bits per heavy atom. The number of carbonyl (C=O) groups excluding carboxylic acids is 2. The predicted octanol–water partition coefficient (Wildman–Crippen LogP) is 3.66. The van der Waals surface area contributed by atoms with Crippen LogP contribution in [0.25, 0.3) is 6.08 Å². The molecule has 0 radical (unpaired) electrons. The van der Waals surface area contributed by atoms with E-state index in [-0.39, 0.29) is 16.2 Å². The fourth-order valence-electron chi connectivity index (χ4n) is 3.98. The van der Waals surface area contributed by atoms with E-state index in [1.165, 1.54) is 32.8 Å². The van der Waals surface area contributed by atoms with Gasteiger partial charge >= 0.3 is 0 Å². The second-order valence-corrected chi connectivity index (χ2v) is 8.14. The van der Waals surface area contributed by atoms with E-state index in [4.69, 9.17) is 21.7 Å². The lowest BCUT2D eigenvalue weighted by molar-refractivity contribution is -0.122. The van der Waals surface area contributed by atoms with E-state index in [0.29, 0.717) is 17.2 Å². The van der Waals surface area contributed by atoms with Crippen molar-refractivity contribution in [2.24, 2.45) is 0 Å². The summed E-state index contributed by atoms with van der Waals surface area (Å²) in [5, 5.41) is 2.41. The maximum atomic E-state index is 14.9. The highest BCUT2D eigenvalue weighted by atomic mass is 32.1. The minimum atomic E-state index is -0.687. The third-order valence-corrected chi connectivity index (χ3v) is 6.02. The summed E-state index contributed by atoms with van der Waals surface area (Å²) in [5.41, 5.74) is 1.04. The van der Waals surface area contributed by atoms with E-state index >= 15 is 0 Å². The quantitative estimate of drug-likeness (QED) is 0.409. The fraction of sp³-hybridized carbons (Fsp3) is 0.292. The van der Waals surface area contributed by atoms with Gasteiger partial charge in [-0.05, 0) is 67.9 Å². The number of thiocarbonyl (C=S) groups is 1. The summed E-state index contributed by atoms with van der Waals surface area (Å²) in [6.07, 6.45) is 4.58. The summed E-state index contributed by atoms with van der Waals surface area (Å²) in [6, 6.07) is 9.68. The van der Waals surface area contributed by atoms with E-state index in [1.807, 2.05) is 0 Å². The largest absolute Gasteiger partial charge is 0.497 e. The summed E-state index contributed by atoms with van der Waals surface area (Å²) in [6.45, 7) is 1.77. The van der Waals surface area contributed by atoms with Crippen molar-refractivity contribution in [3.05, 3.63) is 53.4 Å². The van der Waals surface area contributed by atoms with Gasteiger partial charge in [-0.3, -0.25) is 14.9 Å². The summed E-state index contributed by atoms with van der Waals surface area (Å²) in [5.74, 6) is -1.01. The number of nitrogens with zero attached hydrogens (tertiary/aromatic N) is 2. The Bertz CT molecular complexity index is 1140. The molecule has 1 N–H and O–H groups in total. The van der Waals surface area contributed by atoms with Gasteiger partial charge in [-0.15, -0.1) is 0 Å². The van der Waals surface area contributed by atoms with Crippen LogP contribution in [0.3, 0.4) is 0 Å². The van der Waals surface area contributed by atoms with Crippen molar-refractivity contribution in [2.75, 3.05) is 37.1 Å². The van der Waals surface area contributed by atoms with E-state index < -0.39 is 17.6 Å². The second kappa shape index (κ2) is 9.58. The first-order valence-corrected chi connectivity index (χ1v) is 11.0. The topological polar surface area (TPSA) is 71.1 Å². The molecule has 9 heteroatoms. The molecular weight excluding hydrogens is 445 g/mol. The Hall–Kier alpha value is -3.46. The van der Waals surface area contributed by atoms with Crippen molar-refractivity contribution < 1.29 is 23.5 Å². The molecule has 172 valence electrons. The van der Waals surface area contributed by atoms with Crippen molar-refractivity contribution in [1.29, 1.82) is 0 Å². The average Bonchev–Trinajstić information content (AvgIpc) is 2.83. The third kappa shape index (κ3) is 4.54. The van der Waals surface area contributed by atoms with Crippen molar-refractivity contribution in [3.63, 3.8) is 0 Å². The zero-order valence-electron chi connectivity index (χ0n) is 18.4. The Morgan fingerprint density at radius 2 is 1.79 bits per heavy atom. The van der Waals surface area contributed by atoms with Crippen LogP contribution >= 0.6 is 12.2 Å². The molecule has 2 saturated heterocycles. The first-order valence-electron chi connectivity index (χ1n) is 10.6. The van der Waals surface area contributed by atoms with Crippen LogP contribution in [0, 0.1) is 5.82 Å². The lowest BCUT2D eigenvalue weighted by Crippen LogP contribution is -2.54. The van der Waals surface area contributed by atoms with Gasteiger partial charge in [0, 0.05) is 30.4 Å². The van der Waals surface area contributed by atoms with Gasteiger partial charge in [0.2, 0.25) is 0 Å². The van der Waals surface area contributed by atoms with Crippen LogP contribution in [-0.2, 0) is 9.59 Å². The molecule has 0 atom stereocenters. The molecule has 2 fully saturated rings. The number of anilines is 2. The molecule has 0 spiro atoms. The number of benzene rings is 2. The number of rotatable bonds is 5. The van der Waals surface area contributed by atoms with Crippen LogP contribution in [0.5, 0.6) is 11.5 Å². The fourth-order valence-corrected chi connectivity index (χ4v) is 4.26. The maximum Gasteiger partial charge on any atom is 0.270 e. The van der Waals surface area contributed by atoms with Gasteiger partial charge in [0.05, 0.1) is 19.9 Å². The predicted molar refractivity (Wildman–Crippen MR) is 128 cm³/mol. The molecule has 2 amide bonds. The summed E-state index contributed by atoms with van der Waals surface area (Å²) in [4.78, 5) is 29.2. The van der Waals surface area contributed by atoms with Crippen molar-refractivity contribution in [1.82, 2.24) is 5.32 Å². The minimum Gasteiger partial charge on any atom is -0.497 e. The standard InChI is InChI=1S/C24H24FN3O4S/c1-31-17-8-9-20(21(14-17)32-2)28-23(30)18(22(29)26-24(28)33)12-15-6-7-16(13-19(15)25)27-10-4-3-5-11-27/h6-9,12-14H,3-5,10-11H2,1-2H3,(H,26,29,33)/b18-12+. The lowest BCUT2D eigenvalue weighted by Gasteiger charge is -2.30.